The van der Waals surface area contributed by atoms with E-state index >= 15 is 0 Å². The molecular formula is C9H12BrN3O3S. The van der Waals surface area contributed by atoms with Crippen LogP contribution in [0, 0.1) is 0 Å². The second-order valence-electron chi connectivity index (χ2n) is 3.25. The molecule has 0 saturated carbocycles. The van der Waals surface area contributed by atoms with Crippen molar-refractivity contribution >= 4 is 44.4 Å². The Morgan fingerprint density at radius 1 is 1.65 bits per heavy atom. The zero-order chi connectivity index (χ0) is 12.8. The third-order valence-electron chi connectivity index (χ3n) is 1.88. The summed E-state index contributed by atoms with van der Waals surface area (Å²) < 4.78 is 0.788. The summed E-state index contributed by atoms with van der Waals surface area (Å²) >= 11 is 4.46. The van der Waals surface area contributed by atoms with E-state index in [1.54, 1.807) is 6.20 Å². The van der Waals surface area contributed by atoms with Gasteiger partial charge in [0, 0.05) is 0 Å². The van der Waals surface area contributed by atoms with E-state index < -0.39 is 18.0 Å². The maximum Gasteiger partial charge on any atom is 0.326 e. The molecule has 1 aromatic heterocycles. The third kappa shape index (κ3) is 4.70. The van der Waals surface area contributed by atoms with E-state index in [9.17, 15) is 9.59 Å². The van der Waals surface area contributed by atoms with Crippen molar-refractivity contribution in [3.05, 3.63) is 9.98 Å². The lowest BCUT2D eigenvalue weighted by Gasteiger charge is -2.13. The van der Waals surface area contributed by atoms with Crippen molar-refractivity contribution in [3.8, 4) is 0 Å². The molecule has 0 radical (unpaired) electrons. The summed E-state index contributed by atoms with van der Waals surface area (Å²) in [4.78, 5) is 26.2. The number of hydrogen-bond donors (Lipinski definition) is 3. The van der Waals surface area contributed by atoms with E-state index in [0.29, 0.717) is 18.0 Å². The van der Waals surface area contributed by atoms with Gasteiger partial charge in [0.2, 0.25) is 0 Å². The van der Waals surface area contributed by atoms with Gasteiger partial charge in [-0.05, 0) is 22.4 Å². The molecule has 1 atom stereocenters. The predicted molar refractivity (Wildman–Crippen MR) is 68.3 cm³/mol. The number of thiazole rings is 1. The Bertz CT molecular complexity index is 410. The normalized spacial score (nSPS) is 11.9. The number of carboxylic acid groups (broad SMARTS) is 1. The smallest absolute Gasteiger partial charge is 0.326 e. The Morgan fingerprint density at radius 2 is 2.35 bits per heavy atom. The zero-order valence-corrected chi connectivity index (χ0v) is 11.5. The third-order valence-corrected chi connectivity index (χ3v) is 3.27. The number of nitrogens with one attached hydrogen (secondary N) is 2. The van der Waals surface area contributed by atoms with Gasteiger partial charge >= 0.3 is 12.0 Å². The second-order valence-corrected chi connectivity index (χ2v) is 5.66. The number of aliphatic carboxylic acids is 1. The molecule has 6 nitrogen and oxygen atoms in total. The topological polar surface area (TPSA) is 91.3 Å². The number of carbonyl (C=O) groups is 2. The number of nitrogens with zero attached hydrogens (tertiary/aromatic N) is 1. The lowest BCUT2D eigenvalue weighted by atomic mass is 10.2. The van der Waals surface area contributed by atoms with Crippen LogP contribution in [0.3, 0.4) is 0 Å². The van der Waals surface area contributed by atoms with Crippen molar-refractivity contribution in [1.82, 2.24) is 10.3 Å². The minimum atomic E-state index is -1.04. The minimum Gasteiger partial charge on any atom is -0.480 e. The minimum absolute atomic E-state index is 0.393. The van der Waals surface area contributed by atoms with Gasteiger partial charge in [0.1, 0.15) is 6.04 Å². The van der Waals surface area contributed by atoms with Crippen LogP contribution >= 0.6 is 27.3 Å². The molecule has 0 aromatic carbocycles. The lowest BCUT2D eigenvalue weighted by Crippen LogP contribution is -2.42. The van der Waals surface area contributed by atoms with Crippen LogP contribution in [0.2, 0.25) is 0 Å². The maximum atomic E-state index is 11.5. The van der Waals surface area contributed by atoms with Gasteiger partial charge in [0.25, 0.3) is 0 Å². The summed E-state index contributed by atoms with van der Waals surface area (Å²) in [5, 5.41) is 14.1. The molecule has 1 heterocycles. The average Bonchev–Trinajstić information content (AvgIpc) is 2.63. The summed E-state index contributed by atoms with van der Waals surface area (Å²) in [6, 6.07) is -1.43. The number of amides is 2. The van der Waals surface area contributed by atoms with Gasteiger partial charge in [0.15, 0.2) is 5.13 Å². The highest BCUT2D eigenvalue weighted by atomic mass is 79.9. The molecule has 0 aliphatic heterocycles. The highest BCUT2D eigenvalue weighted by Crippen LogP contribution is 2.22. The number of rotatable bonds is 5. The van der Waals surface area contributed by atoms with Crippen LogP contribution in [0.4, 0.5) is 9.93 Å². The first-order valence-electron chi connectivity index (χ1n) is 4.94. The van der Waals surface area contributed by atoms with E-state index in [4.69, 9.17) is 5.11 Å². The molecule has 1 aromatic rings. The lowest BCUT2D eigenvalue weighted by molar-refractivity contribution is -0.139. The first-order chi connectivity index (χ1) is 8.02. The second kappa shape index (κ2) is 6.55. The summed E-state index contributed by atoms with van der Waals surface area (Å²) in [5.74, 6) is -1.04. The number of carbonyl (C=O) groups excluding carboxylic acids is 1. The highest BCUT2D eigenvalue weighted by Gasteiger charge is 2.19. The largest absolute Gasteiger partial charge is 0.480 e. The fourth-order valence-electron chi connectivity index (χ4n) is 1.15. The first-order valence-corrected chi connectivity index (χ1v) is 6.55. The van der Waals surface area contributed by atoms with Gasteiger partial charge in [-0.25, -0.2) is 14.6 Å². The van der Waals surface area contributed by atoms with Gasteiger partial charge in [0.05, 0.1) is 9.98 Å². The van der Waals surface area contributed by atoms with E-state index in [-0.39, 0.29) is 0 Å². The Kier molecular flexibility index (Phi) is 5.36. The number of hydrogen-bond acceptors (Lipinski definition) is 4. The zero-order valence-electron chi connectivity index (χ0n) is 9.07. The molecule has 17 heavy (non-hydrogen) atoms. The van der Waals surface area contributed by atoms with Gasteiger partial charge in [-0.15, -0.1) is 0 Å². The molecule has 1 rings (SSSR count). The molecule has 0 spiro atoms. The standard InChI is InChI=1S/C9H12BrN3O3S/c1-2-3-5(7(14)15)12-8(16)13-9-11-4-6(10)17-9/h4-5H,2-3H2,1H3,(H,14,15)(H2,11,12,13,16)/t5-/m0/s1. The highest BCUT2D eigenvalue weighted by molar-refractivity contribution is 9.11. The molecule has 0 bridgehead atoms. The van der Waals surface area contributed by atoms with Crippen molar-refractivity contribution in [1.29, 1.82) is 0 Å². The van der Waals surface area contributed by atoms with Crippen LogP contribution < -0.4 is 10.6 Å². The van der Waals surface area contributed by atoms with E-state index in [1.165, 1.54) is 11.3 Å². The van der Waals surface area contributed by atoms with Gasteiger partial charge in [-0.1, -0.05) is 24.7 Å². The monoisotopic (exact) mass is 321 g/mol. The number of carboxylic acids is 1. The van der Waals surface area contributed by atoms with Crippen LogP contribution in [0.5, 0.6) is 0 Å². The Morgan fingerprint density at radius 3 is 2.82 bits per heavy atom. The first kappa shape index (κ1) is 13.9. The Balaban J connectivity index is 2.50. The summed E-state index contributed by atoms with van der Waals surface area (Å²) in [6.45, 7) is 1.85. The summed E-state index contributed by atoms with van der Waals surface area (Å²) in [6.07, 6.45) is 2.63. The van der Waals surface area contributed by atoms with E-state index in [2.05, 4.69) is 31.5 Å². The fourth-order valence-corrected chi connectivity index (χ4v) is 2.25. The fraction of sp³-hybridized carbons (Fsp3) is 0.444. The van der Waals surface area contributed by atoms with Crippen LogP contribution in [-0.2, 0) is 4.79 Å². The maximum absolute atomic E-state index is 11.5. The van der Waals surface area contributed by atoms with Crippen molar-refractivity contribution in [2.24, 2.45) is 0 Å². The molecule has 3 N–H and O–H groups in total. The Labute approximate surface area is 111 Å². The van der Waals surface area contributed by atoms with E-state index in [0.717, 1.165) is 3.79 Å². The average molecular weight is 322 g/mol. The van der Waals surface area contributed by atoms with Crippen LogP contribution in [0.15, 0.2) is 9.98 Å². The molecular weight excluding hydrogens is 310 g/mol. The van der Waals surface area contributed by atoms with Gasteiger partial charge < -0.3 is 10.4 Å². The molecule has 0 unspecified atom stereocenters. The molecule has 94 valence electrons. The summed E-state index contributed by atoms with van der Waals surface area (Å²) in [5.41, 5.74) is 0. The van der Waals surface area contributed by atoms with Gasteiger partial charge in [-0.2, -0.15) is 0 Å². The van der Waals surface area contributed by atoms with Crippen molar-refractivity contribution < 1.29 is 14.7 Å². The van der Waals surface area contributed by atoms with Crippen molar-refractivity contribution in [3.63, 3.8) is 0 Å². The van der Waals surface area contributed by atoms with Crippen LogP contribution in [0.25, 0.3) is 0 Å². The predicted octanol–water partition coefficient (Wildman–Crippen LogP) is 2.28. The van der Waals surface area contributed by atoms with Crippen LogP contribution in [0.1, 0.15) is 19.8 Å². The van der Waals surface area contributed by atoms with E-state index in [1.807, 2.05) is 6.92 Å². The Hall–Kier alpha value is -1.15. The number of aromatic nitrogens is 1. The number of halogens is 1. The molecule has 0 aliphatic carbocycles. The molecule has 0 aliphatic rings. The number of anilines is 1. The molecule has 0 saturated heterocycles. The number of urea groups is 1. The van der Waals surface area contributed by atoms with Crippen molar-refractivity contribution in [2.45, 2.75) is 25.8 Å². The quantitative estimate of drug-likeness (QED) is 0.775. The van der Waals surface area contributed by atoms with Crippen LogP contribution in [-0.4, -0.2) is 28.1 Å². The molecule has 2 amide bonds. The molecule has 8 heteroatoms. The SMILES string of the molecule is CCC[C@H](NC(=O)Nc1ncc(Br)s1)C(=O)O. The molecule has 0 fully saturated rings. The van der Waals surface area contributed by atoms with Crippen molar-refractivity contribution in [2.75, 3.05) is 5.32 Å². The van der Waals surface area contributed by atoms with Gasteiger partial charge in [-0.3, -0.25) is 5.32 Å². The summed E-state index contributed by atoms with van der Waals surface area (Å²) in [7, 11) is 0.